The van der Waals surface area contributed by atoms with Gasteiger partial charge in [-0.2, -0.15) is 0 Å². The molecule has 0 bridgehead atoms. The summed E-state index contributed by atoms with van der Waals surface area (Å²) in [6.07, 6.45) is 9.98. The Kier molecular flexibility index (Phi) is 5.18. The largest absolute Gasteiger partial charge is 0.338 e. The number of hydrogen-bond acceptors (Lipinski definition) is 4. The Bertz CT molecular complexity index is 404. The van der Waals surface area contributed by atoms with E-state index in [-0.39, 0.29) is 11.6 Å². The average Bonchev–Trinajstić information content (AvgIpc) is 2.69. The number of hydrogen-bond donors (Lipinski definition) is 2. The van der Waals surface area contributed by atoms with Crippen LogP contribution >= 0.6 is 0 Å². The number of nitrogens with one attached hydrogen (secondary N) is 1. The highest BCUT2D eigenvalue weighted by Gasteiger charge is 2.35. The van der Waals surface area contributed by atoms with Gasteiger partial charge in [0.15, 0.2) is 0 Å². The van der Waals surface area contributed by atoms with Crippen molar-refractivity contribution in [2.24, 2.45) is 12.9 Å². The number of aryl methyl sites for hydroxylation is 1. The molecule has 1 atom stereocenters. The van der Waals surface area contributed by atoms with Crippen LogP contribution in [0.5, 0.6) is 0 Å². The van der Waals surface area contributed by atoms with Crippen molar-refractivity contribution in [2.75, 3.05) is 13.1 Å². The molecule has 1 saturated heterocycles. The van der Waals surface area contributed by atoms with Crippen molar-refractivity contribution in [1.82, 2.24) is 19.9 Å². The fourth-order valence-electron chi connectivity index (χ4n) is 3.16. The van der Waals surface area contributed by atoms with Gasteiger partial charge in [0.25, 0.3) is 0 Å². The van der Waals surface area contributed by atoms with Crippen molar-refractivity contribution in [3.05, 3.63) is 18.2 Å². The first kappa shape index (κ1) is 15.5. The first-order valence-corrected chi connectivity index (χ1v) is 7.73. The third-order valence-corrected chi connectivity index (χ3v) is 4.78. The lowest BCUT2D eigenvalue weighted by Gasteiger charge is -2.43. The Morgan fingerprint density at radius 3 is 2.45 bits per heavy atom. The second-order valence-corrected chi connectivity index (χ2v) is 6.43. The number of nitrogens with zero attached hydrogens (tertiary/aromatic N) is 3. The average molecular weight is 279 g/mol. The minimum Gasteiger partial charge on any atom is -0.338 e. The predicted molar refractivity (Wildman–Crippen MR) is 82.1 cm³/mol. The SMILES string of the molecule is Cn1ccnc1CC(NN)C(C)(C)N1CCCCCC1. The summed E-state index contributed by atoms with van der Waals surface area (Å²) in [6.45, 7) is 6.94. The van der Waals surface area contributed by atoms with Gasteiger partial charge in [-0.1, -0.05) is 12.8 Å². The Labute approximate surface area is 122 Å². The molecule has 0 radical (unpaired) electrons. The Hall–Kier alpha value is -0.910. The normalized spacial score (nSPS) is 19.8. The summed E-state index contributed by atoms with van der Waals surface area (Å²) in [6, 6.07) is 0.196. The molecular formula is C15H29N5. The summed E-state index contributed by atoms with van der Waals surface area (Å²) in [5.74, 6) is 6.94. The molecule has 5 nitrogen and oxygen atoms in total. The molecule has 5 heteroatoms. The molecule has 3 N–H and O–H groups in total. The van der Waals surface area contributed by atoms with Crippen molar-refractivity contribution < 1.29 is 0 Å². The number of imidazole rings is 1. The minimum absolute atomic E-state index is 0.0328. The van der Waals surface area contributed by atoms with Crippen LogP contribution in [0.25, 0.3) is 0 Å². The zero-order chi connectivity index (χ0) is 14.6. The van der Waals surface area contributed by atoms with E-state index in [4.69, 9.17) is 5.84 Å². The van der Waals surface area contributed by atoms with Crippen LogP contribution in [-0.2, 0) is 13.5 Å². The molecule has 0 amide bonds. The molecule has 20 heavy (non-hydrogen) atoms. The Balaban J connectivity index is 2.09. The molecule has 2 rings (SSSR count). The van der Waals surface area contributed by atoms with Crippen molar-refractivity contribution in [3.8, 4) is 0 Å². The molecule has 2 heterocycles. The molecule has 114 valence electrons. The van der Waals surface area contributed by atoms with Gasteiger partial charge in [-0.3, -0.25) is 16.2 Å². The highest BCUT2D eigenvalue weighted by molar-refractivity contribution is 5.02. The maximum atomic E-state index is 5.86. The quantitative estimate of drug-likeness (QED) is 0.633. The fraction of sp³-hybridized carbons (Fsp3) is 0.800. The van der Waals surface area contributed by atoms with Gasteiger partial charge in [0.2, 0.25) is 0 Å². The third kappa shape index (κ3) is 3.40. The molecule has 1 aromatic heterocycles. The summed E-state index contributed by atoms with van der Waals surface area (Å²) in [5, 5.41) is 0. The van der Waals surface area contributed by atoms with Gasteiger partial charge in [-0.15, -0.1) is 0 Å². The molecule has 0 saturated carbocycles. The van der Waals surface area contributed by atoms with Crippen LogP contribution in [0.4, 0.5) is 0 Å². The first-order valence-electron chi connectivity index (χ1n) is 7.73. The van der Waals surface area contributed by atoms with Gasteiger partial charge in [0.1, 0.15) is 5.82 Å². The lowest BCUT2D eigenvalue weighted by Crippen LogP contribution is -2.60. The number of likely N-dealkylation sites (tertiary alicyclic amines) is 1. The molecule has 0 aromatic carbocycles. The molecule has 1 aliphatic rings. The second-order valence-electron chi connectivity index (χ2n) is 6.43. The van der Waals surface area contributed by atoms with Crippen LogP contribution in [0, 0.1) is 0 Å². The predicted octanol–water partition coefficient (Wildman–Crippen LogP) is 1.45. The maximum absolute atomic E-state index is 5.86. The molecule has 1 aliphatic heterocycles. The first-order chi connectivity index (χ1) is 9.55. The lowest BCUT2D eigenvalue weighted by molar-refractivity contribution is 0.0825. The van der Waals surface area contributed by atoms with Crippen LogP contribution in [0.1, 0.15) is 45.4 Å². The van der Waals surface area contributed by atoms with E-state index in [0.717, 1.165) is 12.2 Å². The van der Waals surface area contributed by atoms with Crippen LogP contribution in [-0.4, -0.2) is 39.1 Å². The van der Waals surface area contributed by atoms with Gasteiger partial charge < -0.3 is 4.57 Å². The van der Waals surface area contributed by atoms with Gasteiger partial charge in [0, 0.05) is 37.4 Å². The van der Waals surface area contributed by atoms with E-state index in [9.17, 15) is 0 Å². The van der Waals surface area contributed by atoms with Gasteiger partial charge in [-0.05, 0) is 39.8 Å². The summed E-state index contributed by atoms with van der Waals surface area (Å²) in [5.41, 5.74) is 3.06. The zero-order valence-corrected chi connectivity index (χ0v) is 13.1. The highest BCUT2D eigenvalue weighted by Crippen LogP contribution is 2.25. The Morgan fingerprint density at radius 2 is 1.95 bits per heavy atom. The van der Waals surface area contributed by atoms with Crippen molar-refractivity contribution in [1.29, 1.82) is 0 Å². The molecule has 1 aromatic rings. The molecule has 1 fully saturated rings. The topological polar surface area (TPSA) is 59.1 Å². The molecule has 0 spiro atoms. The van der Waals surface area contributed by atoms with Crippen LogP contribution < -0.4 is 11.3 Å². The van der Waals surface area contributed by atoms with Crippen LogP contribution in [0.2, 0.25) is 0 Å². The Morgan fingerprint density at radius 1 is 1.30 bits per heavy atom. The second kappa shape index (κ2) is 6.70. The third-order valence-electron chi connectivity index (χ3n) is 4.78. The summed E-state index contributed by atoms with van der Waals surface area (Å²) in [4.78, 5) is 7.02. The minimum atomic E-state index is 0.0328. The number of aromatic nitrogens is 2. The van der Waals surface area contributed by atoms with E-state index in [1.807, 2.05) is 19.4 Å². The molecule has 0 aliphatic carbocycles. The molecular weight excluding hydrogens is 250 g/mol. The summed E-state index contributed by atoms with van der Waals surface area (Å²) < 4.78 is 2.07. The standard InChI is InChI=1S/C15H29N5/c1-15(2,20-9-6-4-5-7-10-20)13(18-16)12-14-17-8-11-19(14)3/h8,11,13,18H,4-7,9-10,12,16H2,1-3H3. The van der Waals surface area contributed by atoms with Gasteiger partial charge in [-0.25, -0.2) is 4.98 Å². The van der Waals surface area contributed by atoms with Crippen LogP contribution in [0.15, 0.2) is 12.4 Å². The number of rotatable bonds is 5. The van der Waals surface area contributed by atoms with Crippen LogP contribution in [0.3, 0.4) is 0 Å². The highest BCUT2D eigenvalue weighted by atomic mass is 15.3. The fourth-order valence-corrected chi connectivity index (χ4v) is 3.16. The lowest BCUT2D eigenvalue weighted by atomic mass is 9.89. The maximum Gasteiger partial charge on any atom is 0.110 e. The van der Waals surface area contributed by atoms with E-state index in [1.54, 1.807) is 0 Å². The van der Waals surface area contributed by atoms with Crippen molar-refractivity contribution >= 4 is 0 Å². The van der Waals surface area contributed by atoms with E-state index < -0.39 is 0 Å². The smallest absolute Gasteiger partial charge is 0.110 e. The monoisotopic (exact) mass is 279 g/mol. The van der Waals surface area contributed by atoms with Crippen molar-refractivity contribution in [3.63, 3.8) is 0 Å². The summed E-state index contributed by atoms with van der Waals surface area (Å²) in [7, 11) is 2.04. The van der Waals surface area contributed by atoms with Crippen molar-refractivity contribution in [2.45, 2.75) is 57.5 Å². The zero-order valence-electron chi connectivity index (χ0n) is 13.1. The number of hydrazine groups is 1. The number of nitrogens with two attached hydrogens (primary N) is 1. The van der Waals surface area contributed by atoms with E-state index >= 15 is 0 Å². The van der Waals surface area contributed by atoms with E-state index in [0.29, 0.717) is 0 Å². The summed E-state index contributed by atoms with van der Waals surface area (Å²) >= 11 is 0. The van der Waals surface area contributed by atoms with E-state index in [1.165, 1.54) is 38.8 Å². The van der Waals surface area contributed by atoms with Gasteiger partial charge in [0.05, 0.1) is 0 Å². The van der Waals surface area contributed by atoms with Gasteiger partial charge >= 0.3 is 0 Å². The molecule has 1 unspecified atom stereocenters. The van der Waals surface area contributed by atoms with E-state index in [2.05, 4.69) is 33.7 Å².